The van der Waals surface area contributed by atoms with E-state index >= 15 is 0 Å². The van der Waals surface area contributed by atoms with Crippen LogP contribution in [0.15, 0.2) is 0 Å². The average molecular weight is 184 g/mol. The van der Waals surface area contributed by atoms with E-state index in [9.17, 15) is 0 Å². The predicted octanol–water partition coefficient (Wildman–Crippen LogP) is 1.65. The summed E-state index contributed by atoms with van der Waals surface area (Å²) in [5.74, 6) is 0. The lowest BCUT2D eigenvalue weighted by Gasteiger charge is -2.31. The van der Waals surface area contributed by atoms with Crippen molar-refractivity contribution in [3.05, 3.63) is 0 Å². The molecular weight excluding hydrogens is 164 g/mol. The number of nitrogens with zero attached hydrogens (tertiary/aromatic N) is 2. The molecule has 0 saturated carbocycles. The van der Waals surface area contributed by atoms with Gasteiger partial charge < -0.3 is 4.74 Å². The second kappa shape index (κ2) is 6.88. The molecule has 2 unspecified atom stereocenters. The van der Waals surface area contributed by atoms with Gasteiger partial charge in [0.2, 0.25) is 0 Å². The molecule has 0 aliphatic heterocycles. The highest BCUT2D eigenvalue weighted by molar-refractivity contribution is 4.81. The van der Waals surface area contributed by atoms with Crippen LogP contribution in [0.4, 0.5) is 0 Å². The van der Waals surface area contributed by atoms with Crippen LogP contribution in [-0.4, -0.2) is 37.2 Å². The Bertz CT molecular complexity index is 165. The van der Waals surface area contributed by atoms with Crippen molar-refractivity contribution in [3.63, 3.8) is 0 Å². The van der Waals surface area contributed by atoms with Gasteiger partial charge in [-0.2, -0.15) is 5.26 Å². The number of hydrogen-bond acceptors (Lipinski definition) is 3. The molecule has 0 aliphatic rings. The molecule has 76 valence electrons. The quantitative estimate of drug-likeness (QED) is 0.629. The molecule has 0 bridgehead atoms. The highest BCUT2D eigenvalue weighted by atomic mass is 16.5. The van der Waals surface area contributed by atoms with Crippen molar-refractivity contribution in [2.75, 3.05) is 20.3 Å². The summed E-state index contributed by atoms with van der Waals surface area (Å²) in [7, 11) is 1.71. The van der Waals surface area contributed by atoms with Crippen LogP contribution in [0.1, 0.15) is 27.2 Å². The van der Waals surface area contributed by atoms with E-state index in [1.54, 1.807) is 7.11 Å². The van der Waals surface area contributed by atoms with Crippen LogP contribution in [0.3, 0.4) is 0 Å². The van der Waals surface area contributed by atoms with Gasteiger partial charge in [0.05, 0.1) is 19.1 Å². The van der Waals surface area contributed by atoms with Gasteiger partial charge >= 0.3 is 0 Å². The molecule has 0 aromatic carbocycles. The summed E-state index contributed by atoms with van der Waals surface area (Å²) in [6.07, 6.45) is 0.585. The maximum absolute atomic E-state index is 8.58. The van der Waals surface area contributed by atoms with Crippen LogP contribution in [-0.2, 0) is 4.74 Å². The molecule has 0 aromatic heterocycles. The molecule has 3 nitrogen and oxygen atoms in total. The maximum Gasteiger partial charge on any atom is 0.0638 e. The zero-order valence-corrected chi connectivity index (χ0v) is 9.08. The normalized spacial score (nSPS) is 15.4. The third-order valence-corrected chi connectivity index (χ3v) is 2.29. The zero-order chi connectivity index (χ0) is 10.3. The molecule has 2 atom stereocenters. The van der Waals surface area contributed by atoms with E-state index in [1.807, 2.05) is 0 Å². The summed E-state index contributed by atoms with van der Waals surface area (Å²) >= 11 is 0. The first-order chi connectivity index (χ1) is 6.17. The van der Waals surface area contributed by atoms with Gasteiger partial charge in [-0.15, -0.1) is 0 Å². The monoisotopic (exact) mass is 184 g/mol. The predicted molar refractivity (Wildman–Crippen MR) is 53.4 cm³/mol. The minimum absolute atomic E-state index is 0.320. The summed E-state index contributed by atoms with van der Waals surface area (Å²) < 4.78 is 5.09. The van der Waals surface area contributed by atoms with Gasteiger partial charge in [0.25, 0.3) is 0 Å². The van der Waals surface area contributed by atoms with Gasteiger partial charge in [-0.25, -0.2) is 0 Å². The molecular formula is C10H20N2O. The number of methoxy groups -OCH3 is 1. The summed E-state index contributed by atoms with van der Waals surface area (Å²) in [5.41, 5.74) is 0. The fourth-order valence-corrected chi connectivity index (χ4v) is 1.64. The molecule has 0 spiro atoms. The second-order valence-corrected chi connectivity index (χ2v) is 3.35. The maximum atomic E-state index is 8.58. The third-order valence-electron chi connectivity index (χ3n) is 2.29. The van der Waals surface area contributed by atoms with Crippen LogP contribution in [0.2, 0.25) is 0 Å². The van der Waals surface area contributed by atoms with E-state index in [2.05, 4.69) is 31.7 Å². The van der Waals surface area contributed by atoms with Crippen molar-refractivity contribution < 1.29 is 4.74 Å². The molecule has 0 aromatic rings. The lowest BCUT2D eigenvalue weighted by Crippen LogP contribution is -2.42. The molecule has 13 heavy (non-hydrogen) atoms. The molecule has 0 aliphatic carbocycles. The van der Waals surface area contributed by atoms with E-state index in [4.69, 9.17) is 10.00 Å². The first-order valence-electron chi connectivity index (χ1n) is 4.79. The fraction of sp³-hybridized carbons (Fsp3) is 0.900. The largest absolute Gasteiger partial charge is 0.383 e. The lowest BCUT2D eigenvalue weighted by molar-refractivity contribution is 0.0796. The van der Waals surface area contributed by atoms with Gasteiger partial charge in [-0.3, -0.25) is 4.90 Å². The second-order valence-electron chi connectivity index (χ2n) is 3.35. The standard InChI is InChI=1S/C10H20N2O/c1-5-12(9(2)6-7-11)10(3)8-13-4/h9-10H,5-6,8H2,1-4H3. The van der Waals surface area contributed by atoms with Crippen LogP contribution in [0.25, 0.3) is 0 Å². The van der Waals surface area contributed by atoms with E-state index in [1.165, 1.54) is 0 Å². The molecule has 0 N–H and O–H groups in total. The number of hydrogen-bond donors (Lipinski definition) is 0. The van der Waals surface area contributed by atoms with Crippen LogP contribution in [0.5, 0.6) is 0 Å². The van der Waals surface area contributed by atoms with Crippen molar-refractivity contribution in [1.29, 1.82) is 5.26 Å². The molecule has 0 radical (unpaired) electrons. The Morgan fingerprint density at radius 3 is 2.38 bits per heavy atom. The van der Waals surface area contributed by atoms with Crippen LogP contribution < -0.4 is 0 Å². The van der Waals surface area contributed by atoms with E-state index in [-0.39, 0.29) is 0 Å². The number of likely N-dealkylation sites (N-methyl/N-ethyl adjacent to an activating group) is 1. The van der Waals surface area contributed by atoms with Crippen molar-refractivity contribution in [2.24, 2.45) is 0 Å². The molecule has 0 fully saturated rings. The Hall–Kier alpha value is -0.590. The highest BCUT2D eigenvalue weighted by Gasteiger charge is 2.17. The Morgan fingerprint density at radius 1 is 1.38 bits per heavy atom. The Kier molecular flexibility index (Phi) is 6.56. The summed E-state index contributed by atoms with van der Waals surface area (Å²) in [6, 6.07) is 2.90. The van der Waals surface area contributed by atoms with E-state index < -0.39 is 0 Å². The summed E-state index contributed by atoms with van der Waals surface area (Å²) in [6.45, 7) is 8.01. The summed E-state index contributed by atoms with van der Waals surface area (Å²) in [4.78, 5) is 2.28. The molecule has 0 rings (SSSR count). The van der Waals surface area contributed by atoms with Crippen molar-refractivity contribution >= 4 is 0 Å². The highest BCUT2D eigenvalue weighted by Crippen LogP contribution is 2.08. The molecule has 0 amide bonds. The minimum atomic E-state index is 0.320. The molecule has 0 saturated heterocycles. The van der Waals surface area contributed by atoms with Gasteiger partial charge in [0.15, 0.2) is 0 Å². The van der Waals surface area contributed by atoms with Crippen molar-refractivity contribution in [2.45, 2.75) is 39.3 Å². The number of ether oxygens (including phenoxy) is 1. The van der Waals surface area contributed by atoms with Crippen molar-refractivity contribution in [1.82, 2.24) is 4.90 Å². The van der Waals surface area contributed by atoms with Gasteiger partial charge in [-0.1, -0.05) is 6.92 Å². The van der Waals surface area contributed by atoms with Gasteiger partial charge in [-0.05, 0) is 20.4 Å². The van der Waals surface area contributed by atoms with E-state index in [0.29, 0.717) is 18.5 Å². The van der Waals surface area contributed by atoms with Crippen LogP contribution >= 0.6 is 0 Å². The number of rotatable bonds is 6. The lowest BCUT2D eigenvalue weighted by atomic mass is 10.1. The average Bonchev–Trinajstić information content (AvgIpc) is 2.06. The first-order valence-corrected chi connectivity index (χ1v) is 4.79. The first kappa shape index (κ1) is 12.4. The topological polar surface area (TPSA) is 36.3 Å². The summed E-state index contributed by atoms with van der Waals surface area (Å²) in [5, 5.41) is 8.58. The van der Waals surface area contributed by atoms with Gasteiger partial charge in [0, 0.05) is 19.2 Å². The smallest absolute Gasteiger partial charge is 0.0638 e. The third kappa shape index (κ3) is 4.25. The molecule has 3 heteroatoms. The Balaban J connectivity index is 4.07. The minimum Gasteiger partial charge on any atom is -0.383 e. The van der Waals surface area contributed by atoms with Crippen LogP contribution in [0, 0.1) is 11.3 Å². The number of nitriles is 1. The molecule has 0 heterocycles. The Morgan fingerprint density at radius 2 is 2.00 bits per heavy atom. The fourth-order valence-electron chi connectivity index (χ4n) is 1.64. The van der Waals surface area contributed by atoms with E-state index in [0.717, 1.165) is 13.2 Å². The SMILES string of the molecule is CCN(C(C)CC#N)C(C)COC. The Labute approximate surface area is 81.3 Å². The van der Waals surface area contributed by atoms with Crippen molar-refractivity contribution in [3.8, 4) is 6.07 Å². The van der Waals surface area contributed by atoms with Gasteiger partial charge in [0.1, 0.15) is 0 Å². The zero-order valence-electron chi connectivity index (χ0n) is 9.08.